The minimum Gasteiger partial charge on any atom is -0.456 e. The Balaban J connectivity index is 1.23. The maximum Gasteiger partial charge on any atom is 0.164 e. The smallest absolute Gasteiger partial charge is 0.164 e. The zero-order chi connectivity index (χ0) is 32.6. The van der Waals surface area contributed by atoms with Crippen molar-refractivity contribution in [1.29, 1.82) is 0 Å². The third-order valence-electron chi connectivity index (χ3n) is 9.31. The van der Waals surface area contributed by atoms with E-state index in [2.05, 4.69) is 140 Å². The van der Waals surface area contributed by atoms with Gasteiger partial charge in [-0.2, -0.15) is 0 Å². The molecule has 0 bridgehead atoms. The highest BCUT2D eigenvalue weighted by Gasteiger charge is 2.21. The van der Waals surface area contributed by atoms with Crippen LogP contribution in [-0.4, -0.2) is 15.0 Å². The average Bonchev–Trinajstić information content (AvgIpc) is 3.54. The number of fused-ring (bicyclic) bond motifs is 4. The van der Waals surface area contributed by atoms with Crippen LogP contribution in [0, 0.1) is 0 Å². The zero-order valence-corrected chi connectivity index (χ0v) is 26.7. The molecule has 1 atom stereocenters. The fourth-order valence-electron chi connectivity index (χ4n) is 6.86. The highest BCUT2D eigenvalue weighted by Crippen LogP contribution is 2.38. The summed E-state index contributed by atoms with van der Waals surface area (Å²) >= 11 is 0. The first-order chi connectivity index (χ1) is 24.3. The Kier molecular flexibility index (Phi) is 7.25. The molecular weight excluding hydrogens is 599 g/mol. The van der Waals surface area contributed by atoms with E-state index in [-0.39, 0.29) is 5.92 Å². The highest BCUT2D eigenvalue weighted by atomic mass is 16.3. The molecule has 2 aromatic heterocycles. The van der Waals surface area contributed by atoms with Gasteiger partial charge in [0.1, 0.15) is 11.2 Å². The van der Waals surface area contributed by atoms with Crippen LogP contribution in [0.3, 0.4) is 0 Å². The van der Waals surface area contributed by atoms with Crippen molar-refractivity contribution < 1.29 is 4.42 Å². The number of para-hydroxylation sites is 1. The van der Waals surface area contributed by atoms with Crippen LogP contribution in [0.5, 0.6) is 0 Å². The molecule has 0 N–H and O–H groups in total. The Bertz CT molecular complexity index is 2590. The number of nitrogens with zero attached hydrogens (tertiary/aromatic N) is 3. The molecule has 7 aromatic rings. The van der Waals surface area contributed by atoms with Gasteiger partial charge in [-0.25, -0.2) is 15.0 Å². The lowest BCUT2D eigenvalue weighted by molar-refractivity contribution is 0.669. The van der Waals surface area contributed by atoms with Gasteiger partial charge in [0.2, 0.25) is 0 Å². The average molecular weight is 630 g/mol. The maximum absolute atomic E-state index is 6.26. The molecular formula is C45H31N3O. The number of furan rings is 1. The molecule has 0 radical (unpaired) electrons. The molecule has 2 heterocycles. The number of aromatic nitrogens is 3. The lowest BCUT2D eigenvalue weighted by Gasteiger charge is -2.18. The summed E-state index contributed by atoms with van der Waals surface area (Å²) in [4.78, 5) is 15.6. The summed E-state index contributed by atoms with van der Waals surface area (Å²) in [7, 11) is 0. The molecule has 0 amide bonds. The van der Waals surface area contributed by atoms with Gasteiger partial charge in [-0.3, -0.25) is 0 Å². The molecule has 0 aliphatic heterocycles. The molecule has 0 saturated carbocycles. The SMILES string of the molecule is C1=CCC(c2ccccc2-c2nc(C3=C/C=C(c4ccc5ccccc5c4)\C=C/C=C\3)nc(-c3cccc4oc5ccccc5c34)n2)C=C1. The molecule has 5 aromatic carbocycles. The van der Waals surface area contributed by atoms with Gasteiger partial charge in [0.05, 0.1) is 0 Å². The van der Waals surface area contributed by atoms with Gasteiger partial charge in [0, 0.05) is 33.4 Å². The summed E-state index contributed by atoms with van der Waals surface area (Å²) in [6, 6.07) is 37.8. The predicted octanol–water partition coefficient (Wildman–Crippen LogP) is 11.5. The molecule has 49 heavy (non-hydrogen) atoms. The van der Waals surface area contributed by atoms with Gasteiger partial charge >= 0.3 is 0 Å². The van der Waals surface area contributed by atoms with Crippen LogP contribution in [0.25, 0.3) is 66.6 Å². The quantitative estimate of drug-likeness (QED) is 0.190. The molecule has 4 heteroatoms. The first kappa shape index (κ1) is 28.8. The molecule has 9 rings (SSSR count). The Morgan fingerprint density at radius 2 is 1.27 bits per heavy atom. The van der Waals surface area contributed by atoms with Crippen LogP contribution in [0.1, 0.15) is 29.3 Å². The van der Waals surface area contributed by atoms with Gasteiger partial charge in [0.15, 0.2) is 17.5 Å². The van der Waals surface area contributed by atoms with Gasteiger partial charge in [0.25, 0.3) is 0 Å². The number of allylic oxidation sites excluding steroid dienone is 12. The standard InChI is InChI=1S/C45H31N3O/c1-2-15-32(16-3-1)36-19-8-9-20-37(36)44-46-43(47-45(48-44)39-22-12-24-41-42(39)38-21-10-11-23-40(38)49-41)33-17-6-4-14-31(25-27-33)35-28-26-30-13-5-7-18-34(30)29-35/h1-15,17-29,32H,16H2/b6-4?,14-4-,17-6-,27-25?,31-14?,31-25+,33-17?,33-27+. The van der Waals surface area contributed by atoms with Gasteiger partial charge in [-0.05, 0) is 52.1 Å². The number of benzene rings is 5. The molecule has 0 fully saturated rings. The van der Waals surface area contributed by atoms with Gasteiger partial charge < -0.3 is 4.42 Å². The Morgan fingerprint density at radius 1 is 0.551 bits per heavy atom. The molecule has 2 aliphatic rings. The molecule has 0 saturated heterocycles. The Labute approximate surface area is 284 Å². The molecule has 1 unspecified atom stereocenters. The monoisotopic (exact) mass is 629 g/mol. The lowest BCUT2D eigenvalue weighted by Crippen LogP contribution is -2.06. The van der Waals surface area contributed by atoms with Crippen LogP contribution in [-0.2, 0) is 0 Å². The largest absolute Gasteiger partial charge is 0.456 e. The number of hydrogen-bond acceptors (Lipinski definition) is 4. The van der Waals surface area contributed by atoms with Crippen LogP contribution >= 0.6 is 0 Å². The minimum atomic E-state index is 0.240. The topological polar surface area (TPSA) is 51.8 Å². The van der Waals surface area contributed by atoms with Crippen molar-refractivity contribution in [1.82, 2.24) is 15.0 Å². The van der Waals surface area contributed by atoms with Gasteiger partial charge in [-0.15, -0.1) is 0 Å². The maximum atomic E-state index is 6.26. The van der Waals surface area contributed by atoms with Crippen molar-refractivity contribution >= 4 is 43.9 Å². The van der Waals surface area contributed by atoms with E-state index >= 15 is 0 Å². The van der Waals surface area contributed by atoms with E-state index in [0.717, 1.165) is 56.2 Å². The Hall–Kier alpha value is -6.39. The molecule has 2 aliphatic carbocycles. The van der Waals surface area contributed by atoms with E-state index in [4.69, 9.17) is 19.4 Å². The van der Waals surface area contributed by atoms with Crippen molar-refractivity contribution in [3.63, 3.8) is 0 Å². The van der Waals surface area contributed by atoms with Crippen LogP contribution < -0.4 is 0 Å². The fourth-order valence-corrected chi connectivity index (χ4v) is 6.86. The first-order valence-electron chi connectivity index (χ1n) is 16.6. The minimum absolute atomic E-state index is 0.240. The summed E-state index contributed by atoms with van der Waals surface area (Å²) < 4.78 is 6.26. The van der Waals surface area contributed by atoms with Gasteiger partial charge in [-0.1, -0.05) is 152 Å². The third-order valence-corrected chi connectivity index (χ3v) is 9.31. The number of hydrogen-bond donors (Lipinski definition) is 0. The summed E-state index contributed by atoms with van der Waals surface area (Å²) in [5.41, 5.74) is 7.92. The van der Waals surface area contributed by atoms with Crippen LogP contribution in [0.2, 0.25) is 0 Å². The number of rotatable bonds is 5. The highest BCUT2D eigenvalue weighted by molar-refractivity contribution is 6.11. The Morgan fingerprint density at radius 3 is 2.16 bits per heavy atom. The predicted molar refractivity (Wildman–Crippen MR) is 202 cm³/mol. The van der Waals surface area contributed by atoms with E-state index in [0.29, 0.717) is 17.5 Å². The van der Waals surface area contributed by atoms with E-state index in [1.165, 1.54) is 16.3 Å². The summed E-state index contributed by atoms with van der Waals surface area (Å²) in [5.74, 6) is 2.11. The van der Waals surface area contributed by atoms with Crippen molar-refractivity contribution in [3.8, 4) is 22.8 Å². The zero-order valence-electron chi connectivity index (χ0n) is 26.7. The van der Waals surface area contributed by atoms with Crippen LogP contribution in [0.15, 0.2) is 174 Å². The molecule has 4 nitrogen and oxygen atoms in total. The summed E-state index contributed by atoms with van der Waals surface area (Å²) in [6.45, 7) is 0. The molecule has 232 valence electrons. The van der Waals surface area contributed by atoms with Crippen molar-refractivity contribution in [3.05, 3.63) is 187 Å². The van der Waals surface area contributed by atoms with E-state index in [1.807, 2.05) is 30.3 Å². The van der Waals surface area contributed by atoms with Crippen molar-refractivity contribution in [2.75, 3.05) is 0 Å². The first-order valence-corrected chi connectivity index (χ1v) is 16.6. The third kappa shape index (κ3) is 5.43. The van der Waals surface area contributed by atoms with E-state index < -0.39 is 0 Å². The van der Waals surface area contributed by atoms with Crippen molar-refractivity contribution in [2.24, 2.45) is 0 Å². The fraction of sp³-hybridized carbons (Fsp3) is 0.0444. The van der Waals surface area contributed by atoms with E-state index in [9.17, 15) is 0 Å². The van der Waals surface area contributed by atoms with Crippen LogP contribution in [0.4, 0.5) is 0 Å². The summed E-state index contributed by atoms with van der Waals surface area (Å²) in [6.07, 6.45) is 22.2. The normalized spacial score (nSPS) is 19.2. The second-order valence-electron chi connectivity index (χ2n) is 12.3. The lowest BCUT2D eigenvalue weighted by atomic mass is 9.89. The second-order valence-corrected chi connectivity index (χ2v) is 12.3. The van der Waals surface area contributed by atoms with Crippen molar-refractivity contribution in [2.45, 2.75) is 12.3 Å². The molecule has 0 spiro atoms. The second kappa shape index (κ2) is 12.3. The summed E-state index contributed by atoms with van der Waals surface area (Å²) in [5, 5.41) is 4.47. The van der Waals surface area contributed by atoms with E-state index in [1.54, 1.807) is 0 Å².